The highest BCUT2D eigenvalue weighted by Crippen LogP contribution is 2.28. The molecule has 0 bridgehead atoms. The largest absolute Gasteiger partial charge is 0.388 e. The van der Waals surface area contributed by atoms with Crippen LogP contribution < -0.4 is 5.32 Å². The van der Waals surface area contributed by atoms with Crippen molar-refractivity contribution in [3.8, 4) is 0 Å². The Labute approximate surface area is 100 Å². The van der Waals surface area contributed by atoms with Crippen molar-refractivity contribution < 1.29 is 9.90 Å². The quantitative estimate of drug-likeness (QED) is 0.762. The molecule has 0 unspecified atom stereocenters. The molecule has 0 saturated heterocycles. The van der Waals surface area contributed by atoms with E-state index in [1.54, 1.807) is 11.0 Å². The normalized spacial score (nSPS) is 18.2. The molecule has 1 saturated carbocycles. The molecule has 0 aromatic carbocycles. The number of nitrogens with zero attached hydrogens (tertiary/aromatic N) is 3. The lowest BCUT2D eigenvalue weighted by Gasteiger charge is -2.22. The third kappa shape index (κ3) is 3.52. The Kier molecular flexibility index (Phi) is 3.73. The predicted molar refractivity (Wildman–Crippen MR) is 61.1 cm³/mol. The van der Waals surface area contributed by atoms with Crippen LogP contribution in [0.5, 0.6) is 0 Å². The maximum atomic E-state index is 11.6. The number of aryl methyl sites for hydroxylation is 1. The van der Waals surface area contributed by atoms with Gasteiger partial charge in [0.15, 0.2) is 0 Å². The van der Waals surface area contributed by atoms with Crippen LogP contribution in [0.15, 0.2) is 12.7 Å². The molecule has 1 aromatic rings. The number of aliphatic hydroxyl groups is 1. The van der Waals surface area contributed by atoms with Gasteiger partial charge in [-0.25, -0.2) is 4.98 Å². The number of hydrogen-bond acceptors (Lipinski definition) is 4. The van der Waals surface area contributed by atoms with Crippen LogP contribution in [0, 0.1) is 0 Å². The lowest BCUT2D eigenvalue weighted by atomic mass is 10.0. The van der Waals surface area contributed by atoms with Crippen LogP contribution in [0.4, 0.5) is 0 Å². The molecule has 0 aliphatic heterocycles. The molecular weight excluding hydrogens is 220 g/mol. The molecule has 0 radical (unpaired) electrons. The summed E-state index contributed by atoms with van der Waals surface area (Å²) < 4.78 is 1.61. The molecule has 1 fully saturated rings. The molecule has 0 atom stereocenters. The first kappa shape index (κ1) is 12.0. The predicted octanol–water partition coefficient (Wildman–Crippen LogP) is 0.0895. The zero-order valence-corrected chi connectivity index (χ0v) is 9.80. The second kappa shape index (κ2) is 5.27. The van der Waals surface area contributed by atoms with Gasteiger partial charge in [0, 0.05) is 13.0 Å². The third-order valence-corrected chi connectivity index (χ3v) is 3.18. The highest BCUT2D eigenvalue weighted by molar-refractivity contribution is 5.75. The molecule has 94 valence electrons. The lowest BCUT2D eigenvalue weighted by molar-refractivity contribution is -0.122. The van der Waals surface area contributed by atoms with Crippen LogP contribution in [-0.4, -0.2) is 37.9 Å². The smallest absolute Gasteiger partial charge is 0.221 e. The van der Waals surface area contributed by atoms with E-state index >= 15 is 0 Å². The molecule has 1 aliphatic carbocycles. The van der Waals surface area contributed by atoms with E-state index in [2.05, 4.69) is 15.4 Å². The molecule has 1 aromatic heterocycles. The molecular formula is C11H18N4O2. The van der Waals surface area contributed by atoms with Crippen LogP contribution in [-0.2, 0) is 11.3 Å². The number of amides is 1. The molecule has 1 aliphatic rings. The minimum atomic E-state index is -0.678. The van der Waals surface area contributed by atoms with Gasteiger partial charge in [0.2, 0.25) is 5.91 Å². The zero-order valence-electron chi connectivity index (χ0n) is 9.80. The molecule has 1 heterocycles. The van der Waals surface area contributed by atoms with Gasteiger partial charge < -0.3 is 10.4 Å². The fourth-order valence-electron chi connectivity index (χ4n) is 2.13. The second-order valence-electron chi connectivity index (χ2n) is 4.62. The molecule has 6 heteroatoms. The number of carbonyl (C=O) groups is 1. The van der Waals surface area contributed by atoms with Crippen LogP contribution in [0.3, 0.4) is 0 Å². The maximum Gasteiger partial charge on any atom is 0.221 e. The van der Waals surface area contributed by atoms with E-state index in [1.165, 1.54) is 6.33 Å². The van der Waals surface area contributed by atoms with Gasteiger partial charge in [0.25, 0.3) is 0 Å². The summed E-state index contributed by atoms with van der Waals surface area (Å²) in [5, 5.41) is 16.7. The Morgan fingerprint density at radius 1 is 1.47 bits per heavy atom. The average Bonchev–Trinajstić information content (AvgIpc) is 2.95. The summed E-state index contributed by atoms with van der Waals surface area (Å²) in [5.74, 6) is -0.0548. The van der Waals surface area contributed by atoms with Gasteiger partial charge in [0.1, 0.15) is 12.7 Å². The van der Waals surface area contributed by atoms with Crippen molar-refractivity contribution >= 4 is 5.91 Å². The summed E-state index contributed by atoms with van der Waals surface area (Å²) in [5.41, 5.74) is -0.678. The van der Waals surface area contributed by atoms with Crippen molar-refractivity contribution in [2.24, 2.45) is 0 Å². The highest BCUT2D eigenvalue weighted by Gasteiger charge is 2.31. The van der Waals surface area contributed by atoms with Crippen LogP contribution in [0.25, 0.3) is 0 Å². The zero-order chi connectivity index (χ0) is 12.1. The minimum absolute atomic E-state index is 0.0548. The molecule has 1 amide bonds. The SMILES string of the molecule is O=C(CCn1cncn1)NCC1(O)CCCC1. The first-order valence-electron chi connectivity index (χ1n) is 5.99. The fraction of sp³-hybridized carbons (Fsp3) is 0.727. The molecule has 2 N–H and O–H groups in total. The number of carbonyl (C=O) groups excluding carboxylic acids is 1. The van der Waals surface area contributed by atoms with Crippen LogP contribution in [0.2, 0.25) is 0 Å². The van der Waals surface area contributed by atoms with E-state index in [-0.39, 0.29) is 5.91 Å². The second-order valence-corrected chi connectivity index (χ2v) is 4.62. The van der Waals surface area contributed by atoms with Crippen molar-refractivity contribution in [2.75, 3.05) is 6.54 Å². The van der Waals surface area contributed by atoms with E-state index in [1.807, 2.05) is 0 Å². The minimum Gasteiger partial charge on any atom is -0.388 e. The van der Waals surface area contributed by atoms with Crippen LogP contribution in [0.1, 0.15) is 32.1 Å². The summed E-state index contributed by atoms with van der Waals surface area (Å²) in [6.45, 7) is 0.882. The van der Waals surface area contributed by atoms with Crippen molar-refractivity contribution in [1.82, 2.24) is 20.1 Å². The van der Waals surface area contributed by atoms with Gasteiger partial charge in [-0.1, -0.05) is 12.8 Å². The van der Waals surface area contributed by atoms with Gasteiger partial charge in [0.05, 0.1) is 12.1 Å². The Balaban J connectivity index is 1.67. The number of hydrogen-bond donors (Lipinski definition) is 2. The van der Waals surface area contributed by atoms with Crippen molar-refractivity contribution in [3.05, 3.63) is 12.7 Å². The highest BCUT2D eigenvalue weighted by atomic mass is 16.3. The summed E-state index contributed by atoms with van der Waals surface area (Å²) in [6, 6.07) is 0. The summed E-state index contributed by atoms with van der Waals surface area (Å²) in [7, 11) is 0. The van der Waals surface area contributed by atoms with Crippen molar-refractivity contribution in [2.45, 2.75) is 44.2 Å². The maximum absolute atomic E-state index is 11.6. The van der Waals surface area contributed by atoms with Gasteiger partial charge in [-0.3, -0.25) is 9.48 Å². The van der Waals surface area contributed by atoms with E-state index in [9.17, 15) is 9.90 Å². The molecule has 0 spiro atoms. The van der Waals surface area contributed by atoms with Crippen molar-refractivity contribution in [3.63, 3.8) is 0 Å². The van der Waals surface area contributed by atoms with Gasteiger partial charge in [-0.15, -0.1) is 0 Å². The first-order chi connectivity index (χ1) is 8.18. The number of rotatable bonds is 5. The van der Waals surface area contributed by atoms with Crippen LogP contribution >= 0.6 is 0 Å². The van der Waals surface area contributed by atoms with E-state index < -0.39 is 5.60 Å². The van der Waals surface area contributed by atoms with Gasteiger partial charge in [-0.2, -0.15) is 5.10 Å². The Bertz CT molecular complexity index is 358. The summed E-state index contributed by atoms with van der Waals surface area (Å²) in [6.07, 6.45) is 7.06. The standard InChI is InChI=1S/C11H18N4O2/c16-10(3-6-15-9-12-8-14-15)13-7-11(17)4-1-2-5-11/h8-9,17H,1-7H2,(H,13,16). The molecule has 6 nitrogen and oxygen atoms in total. The monoisotopic (exact) mass is 238 g/mol. The first-order valence-corrected chi connectivity index (χ1v) is 5.99. The average molecular weight is 238 g/mol. The molecule has 17 heavy (non-hydrogen) atoms. The lowest BCUT2D eigenvalue weighted by Crippen LogP contribution is -2.40. The number of aromatic nitrogens is 3. The topological polar surface area (TPSA) is 80.0 Å². The van der Waals surface area contributed by atoms with Crippen molar-refractivity contribution in [1.29, 1.82) is 0 Å². The van der Waals surface area contributed by atoms with Gasteiger partial charge in [-0.05, 0) is 12.8 Å². The number of nitrogens with one attached hydrogen (secondary N) is 1. The van der Waals surface area contributed by atoms with E-state index in [4.69, 9.17) is 0 Å². The fourth-order valence-corrected chi connectivity index (χ4v) is 2.13. The van der Waals surface area contributed by atoms with Gasteiger partial charge >= 0.3 is 0 Å². The third-order valence-electron chi connectivity index (χ3n) is 3.18. The summed E-state index contributed by atoms with van der Waals surface area (Å²) >= 11 is 0. The van der Waals surface area contributed by atoms with E-state index in [0.29, 0.717) is 19.5 Å². The Morgan fingerprint density at radius 2 is 2.24 bits per heavy atom. The van der Waals surface area contributed by atoms with E-state index in [0.717, 1.165) is 25.7 Å². The molecule has 2 rings (SSSR count). The Morgan fingerprint density at radius 3 is 2.88 bits per heavy atom. The Hall–Kier alpha value is -1.43. The summed E-state index contributed by atoms with van der Waals surface area (Å²) in [4.78, 5) is 15.4.